The third kappa shape index (κ3) is 5.41. The van der Waals surface area contributed by atoms with Crippen LogP contribution in [0.1, 0.15) is 24.2 Å². The summed E-state index contributed by atoms with van der Waals surface area (Å²) in [4.78, 5) is 24.0. The molecule has 2 rings (SSSR count). The first-order valence-electron chi connectivity index (χ1n) is 8.19. The highest BCUT2D eigenvalue weighted by Gasteiger charge is 2.13. The number of phenols is 1. The Kier molecular flexibility index (Phi) is 6.84. The van der Waals surface area contributed by atoms with Gasteiger partial charge in [0.05, 0.1) is 24.5 Å². The minimum atomic E-state index is -0.704. The molecule has 7 nitrogen and oxygen atoms in total. The lowest BCUT2D eigenvalue weighted by molar-refractivity contribution is -0.119. The number of hydrogen-bond donors (Lipinski definition) is 2. The summed E-state index contributed by atoms with van der Waals surface area (Å²) in [5, 5.41) is 12.0. The lowest BCUT2D eigenvalue weighted by atomic mass is 10.2. The van der Waals surface area contributed by atoms with Crippen LogP contribution in [0.2, 0.25) is 0 Å². The maximum atomic E-state index is 12.1. The SMILES string of the molecule is CCOc1ccc(OCC)c(NC(=O)COC(=O)c2cccc(O)c2)c1. The first-order valence-corrected chi connectivity index (χ1v) is 8.19. The molecule has 0 spiro atoms. The van der Waals surface area contributed by atoms with Gasteiger partial charge in [-0.1, -0.05) is 6.07 Å². The highest BCUT2D eigenvalue weighted by Crippen LogP contribution is 2.29. The molecule has 0 fully saturated rings. The molecule has 0 aliphatic carbocycles. The molecule has 0 bridgehead atoms. The Morgan fingerprint density at radius 3 is 2.50 bits per heavy atom. The number of hydrogen-bond acceptors (Lipinski definition) is 6. The van der Waals surface area contributed by atoms with E-state index in [1.54, 1.807) is 18.2 Å². The fourth-order valence-corrected chi connectivity index (χ4v) is 2.18. The Labute approximate surface area is 151 Å². The van der Waals surface area contributed by atoms with Crippen molar-refractivity contribution in [1.29, 1.82) is 0 Å². The van der Waals surface area contributed by atoms with Crippen LogP contribution in [0.15, 0.2) is 42.5 Å². The fraction of sp³-hybridized carbons (Fsp3) is 0.263. The average Bonchev–Trinajstić information content (AvgIpc) is 2.62. The molecular formula is C19H21NO6. The maximum Gasteiger partial charge on any atom is 0.338 e. The van der Waals surface area contributed by atoms with E-state index in [1.807, 2.05) is 13.8 Å². The number of anilines is 1. The summed E-state index contributed by atoms with van der Waals surface area (Å²) < 4.78 is 15.8. The summed E-state index contributed by atoms with van der Waals surface area (Å²) in [5.41, 5.74) is 0.586. The van der Waals surface area contributed by atoms with Gasteiger partial charge in [0, 0.05) is 6.07 Å². The van der Waals surface area contributed by atoms with E-state index in [0.29, 0.717) is 30.4 Å². The summed E-state index contributed by atoms with van der Waals surface area (Å²) in [6.45, 7) is 4.14. The highest BCUT2D eigenvalue weighted by molar-refractivity contribution is 5.96. The summed E-state index contributed by atoms with van der Waals surface area (Å²) in [6.07, 6.45) is 0. The molecular weight excluding hydrogens is 338 g/mol. The molecule has 0 saturated carbocycles. The van der Waals surface area contributed by atoms with E-state index < -0.39 is 18.5 Å². The highest BCUT2D eigenvalue weighted by atomic mass is 16.5. The lowest BCUT2D eigenvalue weighted by Gasteiger charge is -2.13. The molecule has 0 heterocycles. The number of rotatable bonds is 8. The lowest BCUT2D eigenvalue weighted by Crippen LogP contribution is -2.21. The van der Waals surface area contributed by atoms with Crippen LogP contribution in [-0.4, -0.2) is 36.8 Å². The van der Waals surface area contributed by atoms with Gasteiger partial charge in [-0.25, -0.2) is 4.79 Å². The third-order valence-corrected chi connectivity index (χ3v) is 3.25. The van der Waals surface area contributed by atoms with Gasteiger partial charge in [0.2, 0.25) is 0 Å². The quantitative estimate of drug-likeness (QED) is 0.704. The van der Waals surface area contributed by atoms with Crippen LogP contribution in [0.25, 0.3) is 0 Å². The van der Waals surface area contributed by atoms with Crippen molar-refractivity contribution in [2.45, 2.75) is 13.8 Å². The maximum absolute atomic E-state index is 12.1. The van der Waals surface area contributed by atoms with Crippen molar-refractivity contribution in [1.82, 2.24) is 0 Å². The Hall–Kier alpha value is -3.22. The van der Waals surface area contributed by atoms with Crippen LogP contribution in [0.3, 0.4) is 0 Å². The number of aromatic hydroxyl groups is 1. The molecule has 2 aromatic rings. The van der Waals surface area contributed by atoms with Gasteiger partial charge in [-0.3, -0.25) is 4.79 Å². The summed E-state index contributed by atoms with van der Waals surface area (Å²) >= 11 is 0. The zero-order valence-corrected chi connectivity index (χ0v) is 14.7. The summed E-state index contributed by atoms with van der Waals surface area (Å²) in [7, 11) is 0. The predicted molar refractivity (Wildman–Crippen MR) is 95.8 cm³/mol. The predicted octanol–water partition coefficient (Wildman–Crippen LogP) is 2.99. The smallest absolute Gasteiger partial charge is 0.338 e. The van der Waals surface area contributed by atoms with E-state index in [0.717, 1.165) is 0 Å². The minimum absolute atomic E-state index is 0.0574. The molecule has 0 radical (unpaired) electrons. The molecule has 2 N–H and O–H groups in total. The van der Waals surface area contributed by atoms with Crippen LogP contribution in [-0.2, 0) is 9.53 Å². The monoisotopic (exact) mass is 359 g/mol. The normalized spacial score (nSPS) is 10.1. The van der Waals surface area contributed by atoms with Crippen LogP contribution in [0.5, 0.6) is 17.2 Å². The zero-order chi connectivity index (χ0) is 18.9. The van der Waals surface area contributed by atoms with E-state index in [2.05, 4.69) is 5.32 Å². The van der Waals surface area contributed by atoms with E-state index in [1.165, 1.54) is 24.3 Å². The van der Waals surface area contributed by atoms with Crippen molar-refractivity contribution < 1.29 is 28.9 Å². The molecule has 0 aromatic heterocycles. The number of benzene rings is 2. The number of amides is 1. The number of ether oxygens (including phenoxy) is 3. The van der Waals surface area contributed by atoms with Crippen molar-refractivity contribution >= 4 is 17.6 Å². The Balaban J connectivity index is 2.00. The van der Waals surface area contributed by atoms with Gasteiger partial charge < -0.3 is 24.6 Å². The van der Waals surface area contributed by atoms with E-state index in [9.17, 15) is 14.7 Å². The molecule has 26 heavy (non-hydrogen) atoms. The second kappa shape index (κ2) is 9.31. The second-order valence-corrected chi connectivity index (χ2v) is 5.20. The van der Waals surface area contributed by atoms with Crippen molar-refractivity contribution in [3.8, 4) is 17.2 Å². The van der Waals surface area contributed by atoms with E-state index in [4.69, 9.17) is 14.2 Å². The van der Waals surface area contributed by atoms with Crippen molar-refractivity contribution in [2.75, 3.05) is 25.1 Å². The minimum Gasteiger partial charge on any atom is -0.508 e. The third-order valence-electron chi connectivity index (χ3n) is 3.25. The molecule has 2 aromatic carbocycles. The van der Waals surface area contributed by atoms with Crippen molar-refractivity contribution in [3.63, 3.8) is 0 Å². The van der Waals surface area contributed by atoms with Crippen LogP contribution < -0.4 is 14.8 Å². The number of carbonyl (C=O) groups is 2. The van der Waals surface area contributed by atoms with Crippen LogP contribution >= 0.6 is 0 Å². The van der Waals surface area contributed by atoms with Gasteiger partial charge >= 0.3 is 5.97 Å². The fourth-order valence-electron chi connectivity index (χ4n) is 2.18. The van der Waals surface area contributed by atoms with Gasteiger partial charge in [-0.05, 0) is 44.2 Å². The van der Waals surface area contributed by atoms with Crippen molar-refractivity contribution in [3.05, 3.63) is 48.0 Å². The van der Waals surface area contributed by atoms with E-state index in [-0.39, 0.29) is 11.3 Å². The molecule has 0 aliphatic heterocycles. The zero-order valence-electron chi connectivity index (χ0n) is 14.7. The molecule has 1 amide bonds. The van der Waals surface area contributed by atoms with Crippen LogP contribution in [0.4, 0.5) is 5.69 Å². The summed E-state index contributed by atoms with van der Waals surface area (Å²) in [5.74, 6) is -0.207. The topological polar surface area (TPSA) is 94.1 Å². The van der Waals surface area contributed by atoms with Gasteiger partial charge in [0.1, 0.15) is 17.2 Å². The standard InChI is InChI=1S/C19H21NO6/c1-3-24-15-8-9-17(25-4-2)16(11-15)20-18(22)12-26-19(23)13-6-5-7-14(21)10-13/h5-11,21H,3-4,12H2,1-2H3,(H,20,22). The van der Waals surface area contributed by atoms with Crippen LogP contribution in [0, 0.1) is 0 Å². The molecule has 0 atom stereocenters. The summed E-state index contributed by atoms with van der Waals surface area (Å²) in [6, 6.07) is 10.8. The molecule has 0 saturated heterocycles. The molecule has 7 heteroatoms. The number of esters is 1. The Bertz CT molecular complexity index is 774. The number of phenolic OH excluding ortho intramolecular Hbond substituents is 1. The van der Waals surface area contributed by atoms with Gasteiger partial charge in [-0.15, -0.1) is 0 Å². The molecule has 0 aliphatic rings. The van der Waals surface area contributed by atoms with Gasteiger partial charge in [0.15, 0.2) is 6.61 Å². The number of nitrogens with one attached hydrogen (secondary N) is 1. The largest absolute Gasteiger partial charge is 0.508 e. The molecule has 0 unspecified atom stereocenters. The Morgan fingerprint density at radius 2 is 1.81 bits per heavy atom. The first-order chi connectivity index (χ1) is 12.5. The average molecular weight is 359 g/mol. The second-order valence-electron chi connectivity index (χ2n) is 5.20. The molecule has 138 valence electrons. The van der Waals surface area contributed by atoms with E-state index >= 15 is 0 Å². The first kappa shape index (κ1) is 19.1. The van der Waals surface area contributed by atoms with Crippen molar-refractivity contribution in [2.24, 2.45) is 0 Å². The number of carbonyl (C=O) groups excluding carboxylic acids is 2. The Morgan fingerprint density at radius 1 is 1.04 bits per heavy atom. The van der Waals surface area contributed by atoms with Gasteiger partial charge in [0.25, 0.3) is 5.91 Å². The van der Waals surface area contributed by atoms with Gasteiger partial charge in [-0.2, -0.15) is 0 Å².